The lowest BCUT2D eigenvalue weighted by Gasteiger charge is -2.09. The lowest BCUT2D eigenvalue weighted by Crippen LogP contribution is -2.29. The molecule has 0 aliphatic rings. The van der Waals surface area contributed by atoms with Crippen LogP contribution in [0.5, 0.6) is 0 Å². The summed E-state index contributed by atoms with van der Waals surface area (Å²) >= 11 is 3.40. The number of aromatic amines is 1. The van der Waals surface area contributed by atoms with E-state index in [9.17, 15) is 9.59 Å². The Morgan fingerprint density at radius 3 is 2.70 bits per heavy atom. The molecule has 2 aromatic carbocycles. The van der Waals surface area contributed by atoms with E-state index >= 15 is 0 Å². The van der Waals surface area contributed by atoms with Gasteiger partial charge in [0.25, 0.3) is 5.56 Å². The number of H-pyrrole nitrogens is 1. The number of nitrogens with one attached hydrogen (secondary N) is 2. The minimum absolute atomic E-state index is 0.290. The molecule has 0 atom stereocenters. The van der Waals surface area contributed by atoms with Crippen LogP contribution in [0.15, 0.2) is 67.7 Å². The van der Waals surface area contributed by atoms with Gasteiger partial charge in [0, 0.05) is 11.5 Å². The van der Waals surface area contributed by atoms with Gasteiger partial charge in [-0.1, -0.05) is 57.9 Å². The van der Waals surface area contributed by atoms with E-state index in [0.29, 0.717) is 18.0 Å². The van der Waals surface area contributed by atoms with Crippen molar-refractivity contribution < 1.29 is 0 Å². The van der Waals surface area contributed by atoms with Gasteiger partial charge in [-0.05, 0) is 30.2 Å². The molecular weight excluding hydrogens is 448 g/mol. The molecule has 0 fully saturated rings. The van der Waals surface area contributed by atoms with Gasteiger partial charge < -0.3 is 0 Å². The number of halogens is 1. The maximum absolute atomic E-state index is 12.6. The van der Waals surface area contributed by atoms with Gasteiger partial charge in [-0.25, -0.2) is 10.2 Å². The molecule has 9 heteroatoms. The van der Waals surface area contributed by atoms with Gasteiger partial charge >= 0.3 is 5.69 Å². The SMILES string of the molecule is Cc1cccc(Cn2c(NN=Cc3ccc(Br)cc3)nc3c2c(=O)[nH]c(=O)n3C)c1. The number of benzene rings is 2. The standard InChI is InChI=1S/C21H19BrN6O2/c1-13-4-3-5-15(10-13)12-28-17-18(27(2)21(30)25-19(17)29)24-20(28)26-23-11-14-6-8-16(22)9-7-14/h3-11H,12H2,1-2H3,(H,24,26)(H,25,29,30). The van der Waals surface area contributed by atoms with Crippen LogP contribution in [0, 0.1) is 6.92 Å². The third-order valence-electron chi connectivity index (χ3n) is 4.68. The monoisotopic (exact) mass is 466 g/mol. The van der Waals surface area contributed by atoms with Gasteiger partial charge in [-0.2, -0.15) is 10.1 Å². The van der Waals surface area contributed by atoms with Gasteiger partial charge in [0.05, 0.1) is 12.8 Å². The Morgan fingerprint density at radius 1 is 1.20 bits per heavy atom. The first-order valence-corrected chi connectivity index (χ1v) is 10.0. The van der Waals surface area contributed by atoms with E-state index in [1.165, 1.54) is 4.57 Å². The maximum atomic E-state index is 12.6. The van der Waals surface area contributed by atoms with Crippen LogP contribution in [0.4, 0.5) is 5.95 Å². The fourth-order valence-electron chi connectivity index (χ4n) is 3.18. The number of aryl methyl sites for hydroxylation is 2. The lowest BCUT2D eigenvalue weighted by atomic mass is 10.1. The van der Waals surface area contributed by atoms with Crippen molar-refractivity contribution in [2.45, 2.75) is 13.5 Å². The first-order chi connectivity index (χ1) is 14.4. The van der Waals surface area contributed by atoms with E-state index in [1.807, 2.05) is 55.5 Å². The van der Waals surface area contributed by atoms with Crippen molar-refractivity contribution in [3.05, 3.63) is 90.5 Å². The summed E-state index contributed by atoms with van der Waals surface area (Å²) in [5, 5.41) is 4.27. The van der Waals surface area contributed by atoms with Crippen molar-refractivity contribution in [1.82, 2.24) is 19.1 Å². The minimum Gasteiger partial charge on any atom is -0.298 e. The second-order valence-corrected chi connectivity index (χ2v) is 7.84. The van der Waals surface area contributed by atoms with Crippen molar-refractivity contribution in [3.8, 4) is 0 Å². The molecule has 2 heterocycles. The number of imidazole rings is 1. The van der Waals surface area contributed by atoms with E-state index in [1.54, 1.807) is 17.8 Å². The van der Waals surface area contributed by atoms with Gasteiger partial charge in [0.2, 0.25) is 5.95 Å². The second kappa shape index (κ2) is 8.11. The number of hydrazone groups is 1. The Kier molecular flexibility index (Phi) is 5.37. The Morgan fingerprint density at radius 2 is 1.97 bits per heavy atom. The predicted molar refractivity (Wildman–Crippen MR) is 121 cm³/mol. The van der Waals surface area contributed by atoms with Crippen molar-refractivity contribution in [1.29, 1.82) is 0 Å². The Balaban J connectivity index is 1.78. The zero-order valence-corrected chi connectivity index (χ0v) is 18.0. The largest absolute Gasteiger partial charge is 0.329 e. The molecule has 0 radical (unpaired) electrons. The summed E-state index contributed by atoms with van der Waals surface area (Å²) in [6.45, 7) is 2.41. The number of hydrogen-bond acceptors (Lipinski definition) is 5. The molecule has 4 rings (SSSR count). The first-order valence-electron chi connectivity index (χ1n) is 9.22. The quantitative estimate of drug-likeness (QED) is 0.349. The molecule has 0 aliphatic heterocycles. The average Bonchev–Trinajstić information content (AvgIpc) is 3.07. The topological polar surface area (TPSA) is 97.1 Å². The summed E-state index contributed by atoms with van der Waals surface area (Å²) in [4.78, 5) is 31.4. The molecule has 0 aliphatic carbocycles. The smallest absolute Gasteiger partial charge is 0.298 e. The van der Waals surface area contributed by atoms with E-state index in [4.69, 9.17) is 0 Å². The molecule has 0 bridgehead atoms. The van der Waals surface area contributed by atoms with E-state index in [0.717, 1.165) is 21.2 Å². The zero-order valence-electron chi connectivity index (χ0n) is 16.4. The highest BCUT2D eigenvalue weighted by molar-refractivity contribution is 9.10. The molecule has 0 saturated heterocycles. The van der Waals surface area contributed by atoms with Gasteiger partial charge in [0.1, 0.15) is 0 Å². The summed E-state index contributed by atoms with van der Waals surface area (Å²) in [7, 11) is 1.57. The highest BCUT2D eigenvalue weighted by atomic mass is 79.9. The van der Waals surface area contributed by atoms with E-state index < -0.39 is 11.2 Å². The molecule has 2 aromatic heterocycles. The van der Waals surface area contributed by atoms with Crippen LogP contribution >= 0.6 is 15.9 Å². The van der Waals surface area contributed by atoms with Crippen molar-refractivity contribution in [2.75, 3.05) is 5.43 Å². The third kappa shape index (κ3) is 3.97. The van der Waals surface area contributed by atoms with Crippen molar-refractivity contribution >= 4 is 39.3 Å². The molecule has 0 spiro atoms. The van der Waals surface area contributed by atoms with Crippen LogP contribution in [0.3, 0.4) is 0 Å². The lowest BCUT2D eigenvalue weighted by molar-refractivity contribution is 0.808. The Bertz CT molecular complexity index is 1370. The molecule has 152 valence electrons. The number of anilines is 1. The summed E-state index contributed by atoms with van der Waals surface area (Å²) < 4.78 is 4.02. The van der Waals surface area contributed by atoms with Crippen LogP contribution in [0.2, 0.25) is 0 Å². The fourth-order valence-corrected chi connectivity index (χ4v) is 3.44. The number of fused-ring (bicyclic) bond motifs is 1. The molecule has 0 amide bonds. The van der Waals surface area contributed by atoms with Crippen LogP contribution in [-0.2, 0) is 13.6 Å². The summed E-state index contributed by atoms with van der Waals surface area (Å²) in [5.41, 5.74) is 5.52. The molecular formula is C21H19BrN6O2. The fraction of sp³-hybridized carbons (Fsp3) is 0.143. The van der Waals surface area contributed by atoms with Crippen molar-refractivity contribution in [2.24, 2.45) is 12.1 Å². The summed E-state index contributed by atoms with van der Waals surface area (Å²) in [5.74, 6) is 0.367. The molecule has 0 saturated carbocycles. The highest BCUT2D eigenvalue weighted by Crippen LogP contribution is 2.18. The normalized spacial score (nSPS) is 11.4. The van der Waals surface area contributed by atoms with E-state index in [2.05, 4.69) is 36.4 Å². The number of rotatable bonds is 5. The predicted octanol–water partition coefficient (Wildman–Crippen LogP) is 2.99. The van der Waals surface area contributed by atoms with E-state index in [-0.39, 0.29) is 5.65 Å². The Labute approximate surface area is 180 Å². The Hall–Kier alpha value is -3.46. The molecule has 4 aromatic rings. The molecule has 2 N–H and O–H groups in total. The molecule has 8 nitrogen and oxygen atoms in total. The second-order valence-electron chi connectivity index (χ2n) is 6.92. The molecule has 30 heavy (non-hydrogen) atoms. The summed E-state index contributed by atoms with van der Waals surface area (Å²) in [6.07, 6.45) is 1.66. The summed E-state index contributed by atoms with van der Waals surface area (Å²) in [6, 6.07) is 15.7. The van der Waals surface area contributed by atoms with Crippen LogP contribution in [0.25, 0.3) is 11.2 Å². The highest BCUT2D eigenvalue weighted by Gasteiger charge is 2.17. The van der Waals surface area contributed by atoms with Gasteiger partial charge in [-0.15, -0.1) is 0 Å². The number of hydrogen-bond donors (Lipinski definition) is 2. The third-order valence-corrected chi connectivity index (χ3v) is 5.21. The first kappa shape index (κ1) is 19.8. The number of aromatic nitrogens is 4. The van der Waals surface area contributed by atoms with Crippen molar-refractivity contribution in [3.63, 3.8) is 0 Å². The minimum atomic E-state index is -0.516. The van der Waals surface area contributed by atoms with Crippen LogP contribution < -0.4 is 16.7 Å². The number of nitrogens with zero attached hydrogens (tertiary/aromatic N) is 4. The average molecular weight is 467 g/mol. The van der Waals surface area contributed by atoms with Crippen LogP contribution in [-0.4, -0.2) is 25.3 Å². The zero-order chi connectivity index (χ0) is 21.3. The van der Waals surface area contributed by atoms with Gasteiger partial charge in [0.15, 0.2) is 11.2 Å². The van der Waals surface area contributed by atoms with Gasteiger partial charge in [-0.3, -0.25) is 18.9 Å². The maximum Gasteiger partial charge on any atom is 0.329 e. The van der Waals surface area contributed by atoms with Crippen LogP contribution in [0.1, 0.15) is 16.7 Å². The molecule has 0 unspecified atom stereocenters.